The summed E-state index contributed by atoms with van der Waals surface area (Å²) in [5, 5.41) is 1.09. The first kappa shape index (κ1) is 15.8. The molecule has 1 aliphatic heterocycles. The number of hydrogen-bond acceptors (Lipinski definition) is 2. The molecular weight excluding hydrogens is 271 g/mol. The Bertz CT molecular complexity index is 678. The first-order valence-corrected chi connectivity index (χ1v) is 9.59. The zero-order valence-electron chi connectivity index (χ0n) is 12.6. The van der Waals surface area contributed by atoms with Crippen molar-refractivity contribution >= 4 is 25.1 Å². The second-order valence-electron chi connectivity index (χ2n) is 5.38. The van der Waals surface area contributed by atoms with Crippen molar-refractivity contribution in [3.05, 3.63) is 71.8 Å². The Kier molecular flexibility index (Phi) is 4.58. The van der Waals surface area contributed by atoms with Gasteiger partial charge in [0.2, 0.25) is 0 Å². The van der Waals surface area contributed by atoms with Crippen LogP contribution in [0.5, 0.6) is 0 Å². The van der Waals surface area contributed by atoms with Gasteiger partial charge in [-0.2, -0.15) is 0 Å². The fourth-order valence-corrected chi connectivity index (χ4v) is 5.08. The molecule has 0 aromatic heterocycles. The van der Waals surface area contributed by atoms with Crippen LogP contribution in [0, 0.1) is 0 Å². The van der Waals surface area contributed by atoms with Crippen molar-refractivity contribution in [2.24, 2.45) is 0 Å². The monoisotopic (exact) mass is 287 g/mol. The second-order valence-corrected chi connectivity index (χ2v) is 9.11. The molecule has 2 nitrogen and oxygen atoms in total. The Labute approximate surface area is 138 Å². The SMILES string of the molecule is C[Si]1(C)OC(=O)C(c2ccccc2)=C1c1ccccc1.[Li+]. The summed E-state index contributed by atoms with van der Waals surface area (Å²) in [5.41, 5.74) is 2.76. The molecule has 21 heavy (non-hydrogen) atoms. The molecule has 0 bridgehead atoms. The average Bonchev–Trinajstić information content (AvgIpc) is 2.70. The summed E-state index contributed by atoms with van der Waals surface area (Å²) in [6.45, 7) is 4.15. The van der Waals surface area contributed by atoms with Gasteiger partial charge in [-0.1, -0.05) is 60.7 Å². The van der Waals surface area contributed by atoms with Crippen molar-refractivity contribution in [2.75, 3.05) is 0 Å². The van der Waals surface area contributed by atoms with E-state index in [4.69, 9.17) is 4.43 Å². The fourth-order valence-electron chi connectivity index (χ4n) is 2.70. The van der Waals surface area contributed by atoms with Crippen molar-refractivity contribution in [1.82, 2.24) is 0 Å². The van der Waals surface area contributed by atoms with Gasteiger partial charge in [0.05, 0.1) is 5.57 Å². The molecule has 0 radical (unpaired) electrons. The fraction of sp³-hybridized carbons (Fsp3) is 0.118. The summed E-state index contributed by atoms with van der Waals surface area (Å²) in [6.07, 6.45) is 0. The minimum absolute atomic E-state index is 0. The van der Waals surface area contributed by atoms with Gasteiger partial charge in [-0.25, -0.2) is 4.79 Å². The molecule has 100 valence electrons. The maximum Gasteiger partial charge on any atom is 1.00 e. The summed E-state index contributed by atoms with van der Waals surface area (Å²) in [6, 6.07) is 19.9. The van der Waals surface area contributed by atoms with Gasteiger partial charge >= 0.3 is 24.8 Å². The molecule has 0 aliphatic carbocycles. The standard InChI is InChI=1S/C17H16O2Si.Li/c1-20(2)16(14-11-7-4-8-12-14)15(17(18)19-20)13-9-5-3-6-10-13;/h3-12H,1-2H3;/q;+1. The third-order valence-corrected chi connectivity index (χ3v) is 5.97. The first-order valence-electron chi connectivity index (χ1n) is 6.68. The van der Waals surface area contributed by atoms with Gasteiger partial charge in [0.25, 0.3) is 8.32 Å². The molecule has 0 saturated carbocycles. The Morgan fingerprint density at radius 2 is 1.29 bits per heavy atom. The zero-order valence-corrected chi connectivity index (χ0v) is 13.6. The van der Waals surface area contributed by atoms with E-state index in [-0.39, 0.29) is 24.8 Å². The Morgan fingerprint density at radius 1 is 0.810 bits per heavy atom. The van der Waals surface area contributed by atoms with Crippen LogP contribution >= 0.6 is 0 Å². The minimum atomic E-state index is -2.19. The molecule has 1 heterocycles. The second kappa shape index (κ2) is 6.07. The molecule has 3 rings (SSSR count). The van der Waals surface area contributed by atoms with Crippen molar-refractivity contribution < 1.29 is 28.1 Å². The summed E-state index contributed by atoms with van der Waals surface area (Å²) in [5.74, 6) is -0.188. The quantitative estimate of drug-likeness (QED) is 0.767. The molecule has 0 N–H and O–H groups in total. The largest absolute Gasteiger partial charge is 1.00 e. The maximum absolute atomic E-state index is 12.3. The van der Waals surface area contributed by atoms with E-state index in [9.17, 15) is 4.79 Å². The first-order chi connectivity index (χ1) is 9.59. The maximum atomic E-state index is 12.3. The molecule has 2 aromatic rings. The molecule has 0 amide bonds. The van der Waals surface area contributed by atoms with Crippen LogP contribution in [0.1, 0.15) is 11.1 Å². The smallest absolute Gasteiger partial charge is 0.512 e. The summed E-state index contributed by atoms with van der Waals surface area (Å²) in [4.78, 5) is 12.3. The minimum Gasteiger partial charge on any atom is -0.512 e. The average molecular weight is 287 g/mol. The summed E-state index contributed by atoms with van der Waals surface area (Å²) in [7, 11) is -2.19. The molecular formula is C17H16LiO2Si+. The van der Waals surface area contributed by atoms with E-state index in [1.807, 2.05) is 48.5 Å². The summed E-state index contributed by atoms with van der Waals surface area (Å²) < 4.78 is 5.71. The molecule has 2 aromatic carbocycles. The van der Waals surface area contributed by atoms with Gasteiger partial charge in [0, 0.05) is 5.20 Å². The molecule has 0 atom stereocenters. The molecule has 0 unspecified atom stereocenters. The van der Waals surface area contributed by atoms with E-state index in [2.05, 4.69) is 25.2 Å². The third-order valence-electron chi connectivity index (χ3n) is 3.53. The summed E-state index contributed by atoms with van der Waals surface area (Å²) >= 11 is 0. The van der Waals surface area contributed by atoms with Gasteiger partial charge in [-0.15, -0.1) is 0 Å². The topological polar surface area (TPSA) is 26.3 Å². The predicted molar refractivity (Wildman–Crippen MR) is 83.3 cm³/mol. The van der Waals surface area contributed by atoms with E-state index in [0.717, 1.165) is 21.9 Å². The normalized spacial score (nSPS) is 16.4. The van der Waals surface area contributed by atoms with Crippen molar-refractivity contribution in [3.8, 4) is 0 Å². The van der Waals surface area contributed by atoms with Crippen molar-refractivity contribution in [2.45, 2.75) is 13.1 Å². The predicted octanol–water partition coefficient (Wildman–Crippen LogP) is 0.902. The number of benzene rings is 2. The van der Waals surface area contributed by atoms with E-state index in [0.29, 0.717) is 0 Å². The number of rotatable bonds is 2. The van der Waals surface area contributed by atoms with Crippen LogP contribution in [0.15, 0.2) is 60.7 Å². The van der Waals surface area contributed by atoms with Crippen LogP contribution in [-0.2, 0) is 9.22 Å². The molecule has 0 fully saturated rings. The van der Waals surface area contributed by atoms with Crippen LogP contribution in [-0.4, -0.2) is 14.3 Å². The van der Waals surface area contributed by atoms with E-state index in [1.54, 1.807) is 0 Å². The molecule has 1 aliphatic rings. The zero-order chi connectivity index (χ0) is 14.2. The number of hydrogen-bond donors (Lipinski definition) is 0. The molecule has 0 spiro atoms. The number of carbonyl (C=O) groups is 1. The van der Waals surface area contributed by atoms with Crippen LogP contribution in [0.4, 0.5) is 0 Å². The van der Waals surface area contributed by atoms with Gasteiger partial charge < -0.3 is 4.43 Å². The van der Waals surface area contributed by atoms with Crippen LogP contribution in [0.25, 0.3) is 10.8 Å². The third kappa shape index (κ3) is 2.91. The van der Waals surface area contributed by atoms with Crippen LogP contribution in [0.3, 0.4) is 0 Å². The van der Waals surface area contributed by atoms with Gasteiger partial charge in [-0.05, 0) is 24.2 Å². The van der Waals surface area contributed by atoms with Crippen LogP contribution < -0.4 is 18.9 Å². The van der Waals surface area contributed by atoms with E-state index < -0.39 is 8.32 Å². The molecule has 4 heteroatoms. The van der Waals surface area contributed by atoms with Crippen molar-refractivity contribution in [3.63, 3.8) is 0 Å². The Hall–Kier alpha value is -1.54. The van der Waals surface area contributed by atoms with Gasteiger partial charge in [-0.3, -0.25) is 0 Å². The van der Waals surface area contributed by atoms with E-state index in [1.165, 1.54) is 0 Å². The molecule has 0 saturated heterocycles. The Morgan fingerprint density at radius 3 is 1.81 bits per heavy atom. The van der Waals surface area contributed by atoms with Crippen molar-refractivity contribution in [1.29, 1.82) is 0 Å². The van der Waals surface area contributed by atoms with Gasteiger partial charge in [0.1, 0.15) is 0 Å². The van der Waals surface area contributed by atoms with E-state index >= 15 is 0 Å². The van der Waals surface area contributed by atoms with Crippen LogP contribution in [0.2, 0.25) is 13.1 Å². The van der Waals surface area contributed by atoms with Gasteiger partial charge in [0.15, 0.2) is 0 Å². The Balaban J connectivity index is 0.00000161. The number of carbonyl (C=O) groups excluding carboxylic acids is 1.